The van der Waals surface area contributed by atoms with E-state index < -0.39 is 17.7 Å². The summed E-state index contributed by atoms with van der Waals surface area (Å²) in [5.74, 6) is -0.194. The number of Topliss-reactive ketones (excluding diaryl/α,β-unsaturated/α-hetero) is 1. The Morgan fingerprint density at radius 2 is 1.66 bits per heavy atom. The van der Waals surface area contributed by atoms with E-state index >= 15 is 0 Å². The molecule has 7 heteroatoms. The number of nitrogens with zero attached hydrogens (tertiary/aromatic N) is 2. The molecule has 4 rings (SSSR count). The fourth-order valence-corrected chi connectivity index (χ4v) is 4.63. The van der Waals surface area contributed by atoms with Gasteiger partial charge in [-0.2, -0.15) is 0 Å². The van der Waals surface area contributed by atoms with Crippen molar-refractivity contribution in [1.29, 1.82) is 0 Å². The molecule has 0 bridgehead atoms. The first-order valence-corrected chi connectivity index (χ1v) is 12.6. The molecule has 1 heterocycles. The van der Waals surface area contributed by atoms with Gasteiger partial charge in [-0.3, -0.25) is 9.59 Å². The average Bonchev–Trinajstić information content (AvgIpc) is 3.17. The Hall–Kier alpha value is -4.10. The number of hydrogen-bond donors (Lipinski definition) is 1. The molecular weight excluding hydrogens is 480 g/mol. The molecule has 0 aromatic heterocycles. The highest BCUT2D eigenvalue weighted by atomic mass is 16.5. The van der Waals surface area contributed by atoms with Crippen molar-refractivity contribution < 1.29 is 24.2 Å². The number of hydrogen-bond acceptors (Lipinski definition) is 6. The second kappa shape index (κ2) is 12.0. The second-order valence-electron chi connectivity index (χ2n) is 9.72. The molecule has 198 valence electrons. The first kappa shape index (κ1) is 26.9. The van der Waals surface area contributed by atoms with Crippen LogP contribution in [-0.4, -0.2) is 60.9 Å². The zero-order valence-electron chi connectivity index (χ0n) is 22.3. The van der Waals surface area contributed by atoms with Gasteiger partial charge >= 0.3 is 0 Å². The van der Waals surface area contributed by atoms with Gasteiger partial charge in [0.1, 0.15) is 23.9 Å². The van der Waals surface area contributed by atoms with E-state index in [9.17, 15) is 14.7 Å². The van der Waals surface area contributed by atoms with Gasteiger partial charge in [-0.15, -0.1) is 0 Å². The molecule has 1 unspecified atom stereocenters. The van der Waals surface area contributed by atoms with E-state index in [0.717, 1.165) is 23.2 Å². The van der Waals surface area contributed by atoms with Gasteiger partial charge in [0, 0.05) is 12.1 Å². The van der Waals surface area contributed by atoms with Crippen molar-refractivity contribution in [2.75, 3.05) is 34.3 Å². The van der Waals surface area contributed by atoms with Gasteiger partial charge in [0.15, 0.2) is 0 Å². The van der Waals surface area contributed by atoms with Crippen molar-refractivity contribution in [2.24, 2.45) is 0 Å². The van der Waals surface area contributed by atoms with Crippen LogP contribution in [0.3, 0.4) is 0 Å². The van der Waals surface area contributed by atoms with Crippen LogP contribution in [0, 0.1) is 6.92 Å². The van der Waals surface area contributed by atoms with Crippen LogP contribution in [0.15, 0.2) is 78.4 Å². The summed E-state index contributed by atoms with van der Waals surface area (Å²) in [7, 11) is 5.50. The van der Waals surface area contributed by atoms with Gasteiger partial charge in [-0.1, -0.05) is 42.0 Å². The molecule has 0 aliphatic carbocycles. The highest BCUT2D eigenvalue weighted by molar-refractivity contribution is 6.46. The number of ether oxygens (including phenoxy) is 2. The summed E-state index contributed by atoms with van der Waals surface area (Å²) in [4.78, 5) is 29.9. The molecule has 38 heavy (non-hydrogen) atoms. The Balaban J connectivity index is 1.63. The summed E-state index contributed by atoms with van der Waals surface area (Å²) in [6.07, 6.45) is 0.694. The van der Waals surface area contributed by atoms with E-state index in [0.29, 0.717) is 36.6 Å². The number of carbonyl (C=O) groups excluding carboxylic acids is 2. The van der Waals surface area contributed by atoms with Crippen molar-refractivity contribution >= 4 is 17.4 Å². The van der Waals surface area contributed by atoms with Gasteiger partial charge in [-0.25, -0.2) is 0 Å². The highest BCUT2D eigenvalue weighted by Gasteiger charge is 2.45. The molecule has 1 N–H and O–H groups in total. The van der Waals surface area contributed by atoms with E-state index in [1.165, 1.54) is 0 Å². The highest BCUT2D eigenvalue weighted by Crippen LogP contribution is 2.40. The molecule has 1 aliphatic heterocycles. The monoisotopic (exact) mass is 514 g/mol. The maximum atomic E-state index is 13.2. The van der Waals surface area contributed by atoms with E-state index in [-0.39, 0.29) is 11.3 Å². The summed E-state index contributed by atoms with van der Waals surface area (Å²) in [6.45, 7) is 3.61. The molecular formula is C31H34N2O5. The van der Waals surface area contributed by atoms with E-state index in [1.54, 1.807) is 48.4 Å². The van der Waals surface area contributed by atoms with Crippen LogP contribution in [-0.2, 0) is 16.2 Å². The van der Waals surface area contributed by atoms with Gasteiger partial charge in [0.05, 0.1) is 18.7 Å². The van der Waals surface area contributed by atoms with Crippen LogP contribution in [0.2, 0.25) is 0 Å². The fraction of sp³-hybridized carbons (Fsp3) is 0.290. The van der Waals surface area contributed by atoms with Crippen LogP contribution in [0.25, 0.3) is 5.76 Å². The molecule has 1 saturated heterocycles. The molecule has 1 fully saturated rings. The Bertz CT molecular complexity index is 1310. The lowest BCUT2D eigenvalue weighted by Crippen LogP contribution is -2.32. The summed E-state index contributed by atoms with van der Waals surface area (Å²) in [6, 6.07) is 21.5. The molecule has 3 aromatic rings. The lowest BCUT2D eigenvalue weighted by atomic mass is 9.95. The Morgan fingerprint density at radius 1 is 0.974 bits per heavy atom. The van der Waals surface area contributed by atoms with Crippen molar-refractivity contribution in [3.05, 3.63) is 101 Å². The number of carbonyl (C=O) groups is 2. The number of aryl methyl sites for hydroxylation is 1. The Morgan fingerprint density at radius 3 is 2.29 bits per heavy atom. The minimum Gasteiger partial charge on any atom is -0.507 e. The van der Waals surface area contributed by atoms with E-state index in [1.807, 2.05) is 56.3 Å². The standard InChI is InChI=1S/C31H34N2O5/c1-21-7-5-8-22(19-21)20-38-26-15-11-24(12-16-26)29(34)27-28(23-9-13-25(37-4)14-10-23)33(31(36)30(27)35)18-6-17-32(2)3/h5,7-16,19,28,34H,6,17-18,20H2,1-4H3/b29-27-. The zero-order chi connectivity index (χ0) is 27.2. The minimum absolute atomic E-state index is 0.0819. The Kier molecular flexibility index (Phi) is 8.48. The summed E-state index contributed by atoms with van der Waals surface area (Å²) < 4.78 is 11.2. The first-order chi connectivity index (χ1) is 18.3. The van der Waals surface area contributed by atoms with Crippen LogP contribution < -0.4 is 9.47 Å². The number of likely N-dealkylation sites (tertiary alicyclic amines) is 1. The van der Waals surface area contributed by atoms with Crippen LogP contribution in [0.1, 0.15) is 34.7 Å². The maximum Gasteiger partial charge on any atom is 0.295 e. The summed E-state index contributed by atoms with van der Waals surface area (Å²) >= 11 is 0. The third-order valence-corrected chi connectivity index (χ3v) is 6.59. The predicted molar refractivity (Wildman–Crippen MR) is 147 cm³/mol. The molecule has 1 atom stereocenters. The zero-order valence-corrected chi connectivity index (χ0v) is 22.3. The fourth-order valence-electron chi connectivity index (χ4n) is 4.63. The van der Waals surface area contributed by atoms with Crippen molar-refractivity contribution in [3.63, 3.8) is 0 Å². The molecule has 7 nitrogen and oxygen atoms in total. The number of methoxy groups -OCH3 is 1. The van der Waals surface area contributed by atoms with Gasteiger partial charge < -0.3 is 24.4 Å². The largest absolute Gasteiger partial charge is 0.507 e. The van der Waals surface area contributed by atoms with Crippen molar-refractivity contribution in [1.82, 2.24) is 9.80 Å². The lowest BCUT2D eigenvalue weighted by Gasteiger charge is -2.26. The van der Waals surface area contributed by atoms with Gasteiger partial charge in [-0.05, 0) is 81.5 Å². The van der Waals surface area contributed by atoms with E-state index in [2.05, 4.69) is 6.07 Å². The topological polar surface area (TPSA) is 79.3 Å². The molecule has 0 radical (unpaired) electrons. The summed E-state index contributed by atoms with van der Waals surface area (Å²) in [5.41, 5.74) is 3.48. The van der Waals surface area contributed by atoms with Crippen LogP contribution in [0.4, 0.5) is 0 Å². The van der Waals surface area contributed by atoms with Crippen LogP contribution in [0.5, 0.6) is 11.5 Å². The van der Waals surface area contributed by atoms with Crippen LogP contribution >= 0.6 is 0 Å². The molecule has 0 saturated carbocycles. The van der Waals surface area contributed by atoms with Gasteiger partial charge in [0.25, 0.3) is 11.7 Å². The second-order valence-corrected chi connectivity index (χ2v) is 9.72. The van der Waals surface area contributed by atoms with Gasteiger partial charge in [0.2, 0.25) is 0 Å². The number of amides is 1. The number of rotatable bonds is 10. The molecule has 1 aliphatic rings. The normalized spacial score (nSPS) is 16.8. The number of ketones is 1. The predicted octanol–water partition coefficient (Wildman–Crippen LogP) is 4.96. The molecule has 0 spiro atoms. The smallest absolute Gasteiger partial charge is 0.295 e. The minimum atomic E-state index is -0.694. The third-order valence-electron chi connectivity index (χ3n) is 6.59. The average molecular weight is 515 g/mol. The maximum absolute atomic E-state index is 13.2. The van der Waals surface area contributed by atoms with Crippen molar-refractivity contribution in [2.45, 2.75) is 26.0 Å². The quantitative estimate of drug-likeness (QED) is 0.234. The first-order valence-electron chi connectivity index (χ1n) is 12.6. The number of benzene rings is 3. The SMILES string of the molecule is COc1ccc(C2/C(=C(/O)c3ccc(OCc4cccc(C)c4)cc3)C(=O)C(=O)N2CCCN(C)C)cc1. The summed E-state index contributed by atoms with van der Waals surface area (Å²) in [5, 5.41) is 11.3. The van der Waals surface area contributed by atoms with Crippen molar-refractivity contribution in [3.8, 4) is 11.5 Å². The lowest BCUT2D eigenvalue weighted by molar-refractivity contribution is -0.139. The number of aliphatic hydroxyl groups excluding tert-OH is 1. The Labute approximate surface area is 223 Å². The van der Waals surface area contributed by atoms with E-state index in [4.69, 9.17) is 9.47 Å². The molecule has 1 amide bonds. The third kappa shape index (κ3) is 6.06. The number of aliphatic hydroxyl groups is 1. The molecule has 3 aromatic carbocycles.